The van der Waals surface area contributed by atoms with Crippen molar-refractivity contribution in [3.05, 3.63) is 60.3 Å². The van der Waals surface area contributed by atoms with Gasteiger partial charge in [0.1, 0.15) is 0 Å². The molecule has 1 aliphatic rings. The minimum absolute atomic E-state index is 0.0426. The molecular weight excluding hydrogens is 330 g/mol. The first-order valence-corrected chi connectivity index (χ1v) is 8.51. The number of aromatic nitrogens is 1. The van der Waals surface area contributed by atoms with Crippen LogP contribution in [0.25, 0.3) is 10.9 Å². The van der Waals surface area contributed by atoms with Crippen LogP contribution in [0.15, 0.2) is 54.7 Å². The van der Waals surface area contributed by atoms with E-state index in [9.17, 15) is 9.90 Å². The van der Waals surface area contributed by atoms with Crippen molar-refractivity contribution < 1.29 is 14.6 Å². The average Bonchev–Trinajstić information content (AvgIpc) is 2.69. The second-order valence-corrected chi connectivity index (χ2v) is 6.12. The largest absolute Gasteiger partial charge is 0.545 e. The molecule has 0 radical (unpaired) electrons. The molecule has 1 fully saturated rings. The Hall–Kier alpha value is -3.12. The van der Waals surface area contributed by atoms with Gasteiger partial charge in [0, 0.05) is 41.6 Å². The minimum Gasteiger partial charge on any atom is -0.545 e. The van der Waals surface area contributed by atoms with Crippen LogP contribution in [0.1, 0.15) is 10.4 Å². The van der Waals surface area contributed by atoms with Gasteiger partial charge in [-0.05, 0) is 30.3 Å². The molecule has 26 heavy (non-hydrogen) atoms. The number of carbonyl (C=O) groups excluding carboxylic acids is 1. The number of hydrogen-bond acceptors (Lipinski definition) is 6. The number of rotatable bonds is 4. The van der Waals surface area contributed by atoms with Gasteiger partial charge in [-0.25, -0.2) is 0 Å². The van der Waals surface area contributed by atoms with Crippen molar-refractivity contribution in [2.75, 3.05) is 36.5 Å². The number of nitrogens with one attached hydrogen (secondary N) is 1. The average molecular weight is 348 g/mol. The zero-order chi connectivity index (χ0) is 17.9. The number of fused-ring (bicyclic) bond motifs is 1. The molecule has 2 heterocycles. The number of carboxylic acid groups (broad SMARTS) is 1. The molecular formula is C20H18N3O3-. The highest BCUT2D eigenvalue weighted by Gasteiger charge is 2.12. The first-order valence-electron chi connectivity index (χ1n) is 8.51. The quantitative estimate of drug-likeness (QED) is 0.779. The molecule has 0 amide bonds. The molecule has 0 aliphatic carbocycles. The fourth-order valence-corrected chi connectivity index (χ4v) is 3.15. The van der Waals surface area contributed by atoms with Crippen LogP contribution in [0.3, 0.4) is 0 Å². The van der Waals surface area contributed by atoms with Crippen LogP contribution in [-0.2, 0) is 4.74 Å². The number of carbonyl (C=O) groups is 1. The molecule has 0 spiro atoms. The van der Waals surface area contributed by atoms with Crippen LogP contribution < -0.4 is 15.3 Å². The zero-order valence-electron chi connectivity index (χ0n) is 14.1. The van der Waals surface area contributed by atoms with Gasteiger partial charge in [-0.1, -0.05) is 18.2 Å². The Labute approximate surface area is 151 Å². The van der Waals surface area contributed by atoms with Gasteiger partial charge in [-0.3, -0.25) is 4.98 Å². The maximum absolute atomic E-state index is 11.5. The number of nitrogens with zero attached hydrogens (tertiary/aromatic N) is 2. The van der Waals surface area contributed by atoms with E-state index in [-0.39, 0.29) is 5.56 Å². The highest BCUT2D eigenvalue weighted by Crippen LogP contribution is 2.29. The number of para-hydroxylation sites is 1. The van der Waals surface area contributed by atoms with Crippen LogP contribution in [-0.4, -0.2) is 37.3 Å². The van der Waals surface area contributed by atoms with Crippen LogP contribution in [0, 0.1) is 0 Å². The summed E-state index contributed by atoms with van der Waals surface area (Å²) in [5, 5.41) is 15.5. The Balaban J connectivity index is 1.66. The normalized spacial score (nSPS) is 14.4. The van der Waals surface area contributed by atoms with Crippen molar-refractivity contribution in [2.45, 2.75) is 0 Å². The molecule has 4 rings (SSSR count). The number of carboxylic acids is 1. The molecule has 0 bridgehead atoms. The summed E-state index contributed by atoms with van der Waals surface area (Å²) in [7, 11) is 0. The summed E-state index contributed by atoms with van der Waals surface area (Å²) < 4.78 is 5.38. The van der Waals surface area contributed by atoms with E-state index >= 15 is 0 Å². The van der Waals surface area contributed by atoms with E-state index in [0.717, 1.165) is 48.6 Å². The molecule has 1 saturated heterocycles. The standard InChI is InChI=1S/C20H19N3O3/c24-20(25)17-13-21-18-4-2-1-3-16(18)19(17)22-14-5-7-15(8-6-14)23-9-11-26-12-10-23/h1-8,13H,9-12H2,(H,21,22)(H,24,25)/p-1. The van der Waals surface area contributed by atoms with Gasteiger partial charge < -0.3 is 24.9 Å². The number of morpholine rings is 1. The van der Waals surface area contributed by atoms with Crippen LogP contribution >= 0.6 is 0 Å². The van der Waals surface area contributed by atoms with Crippen LogP contribution in [0.2, 0.25) is 0 Å². The molecule has 0 atom stereocenters. The summed E-state index contributed by atoms with van der Waals surface area (Å²) >= 11 is 0. The Bertz CT molecular complexity index is 935. The minimum atomic E-state index is -1.25. The van der Waals surface area contributed by atoms with E-state index in [4.69, 9.17) is 4.74 Å². The first kappa shape index (κ1) is 16.4. The Morgan fingerprint density at radius 2 is 1.81 bits per heavy atom. The summed E-state index contributed by atoms with van der Waals surface area (Å²) in [5.74, 6) is -1.25. The van der Waals surface area contributed by atoms with Gasteiger partial charge >= 0.3 is 0 Å². The van der Waals surface area contributed by atoms with E-state index in [1.165, 1.54) is 6.20 Å². The number of aromatic carboxylic acids is 1. The Morgan fingerprint density at radius 1 is 1.08 bits per heavy atom. The molecule has 1 aromatic heterocycles. The van der Waals surface area contributed by atoms with Gasteiger partial charge in [0.2, 0.25) is 0 Å². The molecule has 1 N–H and O–H groups in total. The van der Waals surface area contributed by atoms with Crippen molar-refractivity contribution in [2.24, 2.45) is 0 Å². The van der Waals surface area contributed by atoms with E-state index < -0.39 is 5.97 Å². The second-order valence-electron chi connectivity index (χ2n) is 6.12. The summed E-state index contributed by atoms with van der Waals surface area (Å²) in [6.45, 7) is 3.21. The predicted octanol–water partition coefficient (Wildman–Crippen LogP) is 2.18. The summed E-state index contributed by atoms with van der Waals surface area (Å²) in [4.78, 5) is 18.0. The maximum atomic E-state index is 11.5. The Morgan fingerprint density at radius 3 is 2.54 bits per heavy atom. The summed E-state index contributed by atoms with van der Waals surface area (Å²) in [6.07, 6.45) is 1.34. The van der Waals surface area contributed by atoms with Crippen LogP contribution in [0.4, 0.5) is 17.1 Å². The highest BCUT2D eigenvalue weighted by molar-refractivity contribution is 6.04. The fourth-order valence-electron chi connectivity index (χ4n) is 3.15. The molecule has 3 aromatic rings. The van der Waals surface area contributed by atoms with Crippen molar-refractivity contribution in [3.8, 4) is 0 Å². The van der Waals surface area contributed by atoms with Gasteiger partial charge in [-0.15, -0.1) is 0 Å². The number of anilines is 3. The number of pyridine rings is 1. The molecule has 0 unspecified atom stereocenters. The second kappa shape index (κ2) is 7.01. The van der Waals surface area contributed by atoms with Gasteiger partial charge in [0.15, 0.2) is 0 Å². The van der Waals surface area contributed by atoms with Gasteiger partial charge in [0.25, 0.3) is 0 Å². The van der Waals surface area contributed by atoms with Gasteiger partial charge in [-0.2, -0.15) is 0 Å². The maximum Gasteiger partial charge on any atom is 0.0752 e. The van der Waals surface area contributed by atoms with E-state index in [2.05, 4.69) is 15.2 Å². The molecule has 1 aliphatic heterocycles. The van der Waals surface area contributed by atoms with E-state index in [1.54, 1.807) is 0 Å². The fraction of sp³-hybridized carbons (Fsp3) is 0.200. The number of hydrogen-bond donors (Lipinski definition) is 1. The third-order valence-electron chi connectivity index (χ3n) is 4.51. The van der Waals surface area contributed by atoms with Crippen molar-refractivity contribution in [1.29, 1.82) is 0 Å². The third kappa shape index (κ3) is 3.19. The lowest BCUT2D eigenvalue weighted by Gasteiger charge is -2.29. The lowest BCUT2D eigenvalue weighted by Crippen LogP contribution is -2.36. The molecule has 132 valence electrons. The smallest absolute Gasteiger partial charge is 0.0752 e. The Kier molecular flexibility index (Phi) is 4.41. The van der Waals surface area contributed by atoms with Crippen LogP contribution in [0.5, 0.6) is 0 Å². The van der Waals surface area contributed by atoms with E-state index in [0.29, 0.717) is 5.69 Å². The SMILES string of the molecule is O=C([O-])c1cnc2ccccc2c1Nc1ccc(N2CCOCC2)cc1. The first-order chi connectivity index (χ1) is 12.7. The molecule has 2 aromatic carbocycles. The van der Waals surface area contributed by atoms with Crippen molar-refractivity contribution >= 4 is 33.9 Å². The predicted molar refractivity (Wildman–Crippen MR) is 98.8 cm³/mol. The zero-order valence-corrected chi connectivity index (χ0v) is 14.1. The molecule has 0 saturated carbocycles. The summed E-state index contributed by atoms with van der Waals surface area (Å²) in [6, 6.07) is 15.4. The van der Waals surface area contributed by atoms with Crippen molar-refractivity contribution in [1.82, 2.24) is 4.98 Å². The summed E-state index contributed by atoms with van der Waals surface area (Å²) in [5.41, 5.74) is 3.19. The molecule has 6 heteroatoms. The number of benzene rings is 2. The van der Waals surface area contributed by atoms with Gasteiger partial charge in [0.05, 0.1) is 30.4 Å². The lowest BCUT2D eigenvalue weighted by atomic mass is 10.1. The third-order valence-corrected chi connectivity index (χ3v) is 4.51. The number of ether oxygens (including phenoxy) is 1. The lowest BCUT2D eigenvalue weighted by molar-refractivity contribution is -0.254. The monoisotopic (exact) mass is 348 g/mol. The van der Waals surface area contributed by atoms with E-state index in [1.807, 2.05) is 48.5 Å². The molecule has 6 nitrogen and oxygen atoms in total. The highest BCUT2D eigenvalue weighted by atomic mass is 16.5. The topological polar surface area (TPSA) is 77.5 Å². The van der Waals surface area contributed by atoms with Crippen molar-refractivity contribution in [3.63, 3.8) is 0 Å².